The Morgan fingerprint density at radius 3 is 2.38 bits per heavy atom. The van der Waals surface area contributed by atoms with Crippen LogP contribution in [0.2, 0.25) is 0 Å². The zero-order chi connectivity index (χ0) is 27.5. The number of morpholine rings is 1. The minimum absolute atomic E-state index is 0.0528. The standard InChI is InChI=1S/C32H43N3O4/c1-4-38-31(39-5-2)28-16-14-26(15-17-28)24-35(19-9-18-34-20-22-37-23-21-34)32(36)33-25(3)29-13-8-11-27-10-6-7-12-30(27)29/h6-8,10-17,25,31H,4-5,9,18-24H2,1-3H3,(H,33,36)/t25-/m0/s1. The van der Waals surface area contributed by atoms with Gasteiger partial charge in [0.05, 0.1) is 19.3 Å². The first-order valence-corrected chi connectivity index (χ1v) is 14.2. The van der Waals surface area contributed by atoms with Crippen molar-refractivity contribution in [2.24, 2.45) is 0 Å². The predicted molar refractivity (Wildman–Crippen MR) is 156 cm³/mol. The highest BCUT2D eigenvalue weighted by Gasteiger charge is 2.20. The number of ether oxygens (including phenoxy) is 3. The second-order valence-corrected chi connectivity index (χ2v) is 9.95. The molecule has 1 aliphatic rings. The van der Waals surface area contributed by atoms with Crippen LogP contribution in [-0.2, 0) is 20.8 Å². The molecular formula is C32H43N3O4. The van der Waals surface area contributed by atoms with E-state index in [9.17, 15) is 4.79 Å². The summed E-state index contributed by atoms with van der Waals surface area (Å²) in [5, 5.41) is 5.62. The molecule has 0 spiro atoms. The lowest BCUT2D eigenvalue weighted by atomic mass is 10.00. The Hall–Kier alpha value is -2.97. The van der Waals surface area contributed by atoms with Crippen LogP contribution in [0.4, 0.5) is 4.79 Å². The number of rotatable bonds is 13. The molecule has 3 aromatic carbocycles. The Bertz CT molecular complexity index is 1150. The minimum Gasteiger partial charge on any atom is -0.379 e. The number of carbonyl (C=O) groups excluding carboxylic acids is 1. The minimum atomic E-state index is -0.372. The third-order valence-electron chi connectivity index (χ3n) is 7.18. The molecule has 210 valence electrons. The Morgan fingerprint density at radius 1 is 0.974 bits per heavy atom. The molecule has 0 radical (unpaired) electrons. The van der Waals surface area contributed by atoms with Crippen LogP contribution in [0.3, 0.4) is 0 Å². The maximum atomic E-state index is 13.6. The number of hydrogen-bond acceptors (Lipinski definition) is 5. The van der Waals surface area contributed by atoms with Crippen LogP contribution in [0.5, 0.6) is 0 Å². The summed E-state index contributed by atoms with van der Waals surface area (Å²) in [6, 6.07) is 22.6. The number of fused-ring (bicyclic) bond motifs is 1. The van der Waals surface area contributed by atoms with Gasteiger partial charge >= 0.3 is 6.03 Å². The normalized spacial score (nSPS) is 15.0. The monoisotopic (exact) mass is 533 g/mol. The van der Waals surface area contributed by atoms with Crippen LogP contribution in [-0.4, -0.2) is 68.4 Å². The number of urea groups is 1. The molecule has 1 fully saturated rings. The van der Waals surface area contributed by atoms with Crippen LogP contribution in [0, 0.1) is 0 Å². The van der Waals surface area contributed by atoms with Gasteiger partial charge in [-0.2, -0.15) is 0 Å². The molecule has 1 aliphatic heterocycles. The summed E-state index contributed by atoms with van der Waals surface area (Å²) in [6.07, 6.45) is 0.536. The van der Waals surface area contributed by atoms with Crippen molar-refractivity contribution in [2.75, 3.05) is 52.6 Å². The molecule has 1 heterocycles. The summed E-state index contributed by atoms with van der Waals surface area (Å²) < 4.78 is 17.0. The number of benzene rings is 3. The number of nitrogens with zero attached hydrogens (tertiary/aromatic N) is 2. The van der Waals surface area contributed by atoms with Gasteiger partial charge in [0, 0.05) is 51.5 Å². The topological polar surface area (TPSA) is 63.3 Å². The molecule has 0 bridgehead atoms. The summed E-state index contributed by atoms with van der Waals surface area (Å²) >= 11 is 0. The molecule has 0 aliphatic carbocycles. The van der Waals surface area contributed by atoms with E-state index >= 15 is 0 Å². The van der Waals surface area contributed by atoms with Crippen molar-refractivity contribution in [1.82, 2.24) is 15.1 Å². The predicted octanol–water partition coefficient (Wildman–Crippen LogP) is 5.91. The second kappa shape index (κ2) is 15.0. The molecule has 0 saturated carbocycles. The van der Waals surface area contributed by atoms with Gasteiger partial charge in [-0.25, -0.2) is 4.79 Å². The maximum Gasteiger partial charge on any atom is 0.318 e. The summed E-state index contributed by atoms with van der Waals surface area (Å²) in [5.74, 6) is 0. The Kier molecular flexibility index (Phi) is 11.2. The van der Waals surface area contributed by atoms with Crippen molar-refractivity contribution in [3.63, 3.8) is 0 Å². The highest BCUT2D eigenvalue weighted by atomic mass is 16.7. The van der Waals surface area contributed by atoms with Gasteiger partial charge in [0.15, 0.2) is 6.29 Å². The van der Waals surface area contributed by atoms with Crippen molar-refractivity contribution < 1.29 is 19.0 Å². The van der Waals surface area contributed by atoms with Crippen molar-refractivity contribution in [3.8, 4) is 0 Å². The van der Waals surface area contributed by atoms with E-state index in [-0.39, 0.29) is 18.4 Å². The third-order valence-corrected chi connectivity index (χ3v) is 7.18. The molecule has 39 heavy (non-hydrogen) atoms. The molecule has 1 saturated heterocycles. The fourth-order valence-electron chi connectivity index (χ4n) is 5.09. The Morgan fingerprint density at radius 2 is 1.67 bits per heavy atom. The number of hydrogen-bond donors (Lipinski definition) is 1. The third kappa shape index (κ3) is 8.26. The van der Waals surface area contributed by atoms with Gasteiger partial charge < -0.3 is 24.4 Å². The van der Waals surface area contributed by atoms with Gasteiger partial charge in [0.25, 0.3) is 0 Å². The first kappa shape index (κ1) is 29.0. The largest absolute Gasteiger partial charge is 0.379 e. The lowest BCUT2D eigenvalue weighted by Gasteiger charge is -2.29. The molecule has 3 aromatic rings. The van der Waals surface area contributed by atoms with Crippen molar-refractivity contribution >= 4 is 16.8 Å². The average Bonchev–Trinajstić information content (AvgIpc) is 2.97. The highest BCUT2D eigenvalue weighted by molar-refractivity contribution is 5.86. The van der Waals surface area contributed by atoms with Gasteiger partial charge in [0.2, 0.25) is 0 Å². The van der Waals surface area contributed by atoms with Gasteiger partial charge in [-0.15, -0.1) is 0 Å². The molecule has 2 amide bonds. The first-order chi connectivity index (χ1) is 19.1. The summed E-state index contributed by atoms with van der Waals surface area (Å²) in [7, 11) is 0. The average molecular weight is 534 g/mol. The van der Waals surface area contributed by atoms with E-state index in [2.05, 4.69) is 59.6 Å². The van der Waals surface area contributed by atoms with Gasteiger partial charge in [-0.05, 0) is 49.1 Å². The fourth-order valence-corrected chi connectivity index (χ4v) is 5.09. The highest BCUT2D eigenvalue weighted by Crippen LogP contribution is 2.25. The van der Waals surface area contributed by atoms with Crippen molar-refractivity contribution in [3.05, 3.63) is 83.4 Å². The number of amides is 2. The van der Waals surface area contributed by atoms with Crippen LogP contribution < -0.4 is 5.32 Å². The fraction of sp³-hybridized carbons (Fsp3) is 0.469. The van der Waals surface area contributed by atoms with Crippen LogP contribution in [0.25, 0.3) is 10.8 Å². The molecule has 7 nitrogen and oxygen atoms in total. The molecule has 0 aromatic heterocycles. The van der Waals surface area contributed by atoms with Gasteiger partial charge in [-0.3, -0.25) is 4.90 Å². The molecule has 1 N–H and O–H groups in total. The number of nitrogens with one attached hydrogen (secondary N) is 1. The van der Waals surface area contributed by atoms with E-state index in [1.54, 1.807) is 0 Å². The van der Waals surface area contributed by atoms with Gasteiger partial charge in [0.1, 0.15) is 0 Å². The number of carbonyl (C=O) groups is 1. The molecule has 0 unspecified atom stereocenters. The Balaban J connectivity index is 1.45. The molecular weight excluding hydrogens is 490 g/mol. The van der Waals surface area contributed by atoms with Gasteiger partial charge in [-0.1, -0.05) is 66.7 Å². The van der Waals surface area contributed by atoms with Crippen molar-refractivity contribution in [2.45, 2.75) is 46.1 Å². The Labute approximate surface area is 233 Å². The molecule has 4 rings (SSSR count). The van der Waals surface area contributed by atoms with Crippen LogP contribution in [0.1, 0.15) is 56.2 Å². The lowest BCUT2D eigenvalue weighted by molar-refractivity contribution is -0.140. The van der Waals surface area contributed by atoms with E-state index in [1.807, 2.05) is 43.0 Å². The van der Waals surface area contributed by atoms with E-state index in [0.717, 1.165) is 56.0 Å². The van der Waals surface area contributed by atoms with Crippen LogP contribution >= 0.6 is 0 Å². The second-order valence-electron chi connectivity index (χ2n) is 9.95. The summed E-state index contributed by atoms with van der Waals surface area (Å²) in [5.41, 5.74) is 3.18. The zero-order valence-electron chi connectivity index (χ0n) is 23.6. The zero-order valence-corrected chi connectivity index (χ0v) is 23.6. The SMILES string of the molecule is CCOC(OCC)c1ccc(CN(CCCN2CCOCC2)C(=O)N[C@@H](C)c2cccc3ccccc23)cc1. The summed E-state index contributed by atoms with van der Waals surface area (Å²) in [6.45, 7) is 12.8. The molecule has 1 atom stereocenters. The van der Waals surface area contributed by atoms with E-state index < -0.39 is 0 Å². The van der Waals surface area contributed by atoms with Crippen LogP contribution in [0.15, 0.2) is 66.7 Å². The van der Waals surface area contributed by atoms with Crippen molar-refractivity contribution in [1.29, 1.82) is 0 Å². The van der Waals surface area contributed by atoms with E-state index in [4.69, 9.17) is 14.2 Å². The van der Waals surface area contributed by atoms with E-state index in [1.165, 1.54) is 10.8 Å². The van der Waals surface area contributed by atoms with E-state index in [0.29, 0.717) is 26.3 Å². The lowest BCUT2D eigenvalue weighted by Crippen LogP contribution is -2.43. The maximum absolute atomic E-state index is 13.6. The smallest absolute Gasteiger partial charge is 0.318 e. The molecule has 7 heteroatoms. The quantitative estimate of drug-likeness (QED) is 0.277. The summed E-state index contributed by atoms with van der Waals surface area (Å²) in [4.78, 5) is 18.0. The first-order valence-electron chi connectivity index (χ1n) is 14.2.